The normalized spacial score (nSPS) is 19.4. The number of hydrogen-bond donors (Lipinski definition) is 1. The lowest BCUT2D eigenvalue weighted by Gasteiger charge is -2.40. The van der Waals surface area contributed by atoms with Crippen molar-refractivity contribution in [2.75, 3.05) is 18.6 Å². The van der Waals surface area contributed by atoms with E-state index < -0.39 is 0 Å². The number of benzene rings is 1. The Morgan fingerprint density at radius 1 is 1.25 bits per heavy atom. The van der Waals surface area contributed by atoms with Gasteiger partial charge in [0.25, 0.3) is 0 Å². The van der Waals surface area contributed by atoms with Crippen LogP contribution < -0.4 is 10.2 Å². The first kappa shape index (κ1) is 20.1. The number of carbonyl (C=O) groups is 3. The van der Waals surface area contributed by atoms with Gasteiger partial charge >= 0.3 is 5.97 Å². The summed E-state index contributed by atoms with van der Waals surface area (Å²) in [6.07, 6.45) is 0.915. The zero-order valence-corrected chi connectivity index (χ0v) is 16.8. The molecule has 0 spiro atoms. The van der Waals surface area contributed by atoms with E-state index in [1.807, 2.05) is 48.7 Å². The molecule has 1 aromatic carbocycles. The molecule has 1 N–H and O–H groups in total. The molecule has 2 atom stereocenters. The molecule has 1 saturated heterocycles. The molecule has 2 aromatic rings. The molecule has 2 heterocycles. The van der Waals surface area contributed by atoms with Gasteiger partial charge in [-0.05, 0) is 36.9 Å². The molecule has 0 saturated carbocycles. The van der Waals surface area contributed by atoms with Gasteiger partial charge in [-0.3, -0.25) is 14.4 Å². The predicted molar refractivity (Wildman–Crippen MR) is 108 cm³/mol. The average Bonchev–Trinajstić information content (AvgIpc) is 3.22. The molecular formula is C21H24N2O4S. The highest BCUT2D eigenvalue weighted by Crippen LogP contribution is 2.41. The smallest absolute Gasteiger partial charge is 0.307 e. The highest BCUT2D eigenvalue weighted by Gasteiger charge is 2.41. The Morgan fingerprint density at radius 3 is 2.64 bits per heavy atom. The number of thiophene rings is 1. The Labute approximate surface area is 168 Å². The second-order valence-electron chi connectivity index (χ2n) is 6.82. The maximum absolute atomic E-state index is 12.9. The molecule has 0 bridgehead atoms. The Bertz CT molecular complexity index is 833. The van der Waals surface area contributed by atoms with Crippen molar-refractivity contribution in [2.24, 2.45) is 5.92 Å². The first-order valence-corrected chi connectivity index (χ1v) is 10.2. The maximum atomic E-state index is 12.9. The summed E-state index contributed by atoms with van der Waals surface area (Å²) in [6, 6.07) is 11.3. The molecule has 6 nitrogen and oxygen atoms in total. The van der Waals surface area contributed by atoms with E-state index >= 15 is 0 Å². The monoisotopic (exact) mass is 400 g/mol. The minimum atomic E-state index is -0.379. The molecule has 1 fully saturated rings. The number of aryl methyl sites for hydroxylation is 1. The summed E-state index contributed by atoms with van der Waals surface area (Å²) < 4.78 is 4.61. The number of esters is 1. The van der Waals surface area contributed by atoms with Gasteiger partial charge in [-0.15, -0.1) is 11.3 Å². The van der Waals surface area contributed by atoms with Crippen molar-refractivity contribution < 1.29 is 19.1 Å². The van der Waals surface area contributed by atoms with Crippen LogP contribution in [0.15, 0.2) is 41.8 Å². The summed E-state index contributed by atoms with van der Waals surface area (Å²) >= 11 is 1.54. The van der Waals surface area contributed by atoms with Gasteiger partial charge in [-0.1, -0.05) is 23.8 Å². The summed E-state index contributed by atoms with van der Waals surface area (Å²) in [6.45, 7) is 2.22. The van der Waals surface area contributed by atoms with E-state index in [-0.39, 0.29) is 42.7 Å². The summed E-state index contributed by atoms with van der Waals surface area (Å²) in [5, 5.41) is 4.78. The summed E-state index contributed by atoms with van der Waals surface area (Å²) in [5.41, 5.74) is 1.90. The largest absolute Gasteiger partial charge is 0.469 e. The minimum absolute atomic E-state index is 0.0147. The van der Waals surface area contributed by atoms with E-state index in [0.29, 0.717) is 12.8 Å². The van der Waals surface area contributed by atoms with Crippen molar-refractivity contribution in [1.82, 2.24) is 5.32 Å². The first-order valence-electron chi connectivity index (χ1n) is 9.28. The van der Waals surface area contributed by atoms with Gasteiger partial charge in [-0.25, -0.2) is 0 Å². The van der Waals surface area contributed by atoms with Crippen LogP contribution in [0, 0.1) is 12.8 Å². The summed E-state index contributed by atoms with van der Waals surface area (Å²) in [4.78, 5) is 39.8. The van der Waals surface area contributed by atoms with Gasteiger partial charge in [0.15, 0.2) is 0 Å². The fourth-order valence-corrected chi connectivity index (χ4v) is 4.36. The van der Waals surface area contributed by atoms with Crippen LogP contribution in [-0.2, 0) is 19.1 Å². The fraction of sp³-hybridized carbons (Fsp3) is 0.381. The molecule has 1 aliphatic heterocycles. The SMILES string of the molecule is COC(=O)CCNC(=O)C1CCC(=O)N(c2ccc(C)cc2)C1c1cccs1. The van der Waals surface area contributed by atoms with E-state index in [9.17, 15) is 14.4 Å². The van der Waals surface area contributed by atoms with Crippen LogP contribution in [0.1, 0.15) is 35.7 Å². The summed E-state index contributed by atoms with van der Waals surface area (Å²) in [5.74, 6) is -0.877. The fourth-order valence-electron chi connectivity index (χ4n) is 3.48. The topological polar surface area (TPSA) is 75.7 Å². The van der Waals surface area contributed by atoms with Gasteiger partial charge in [0.05, 0.1) is 25.5 Å². The van der Waals surface area contributed by atoms with Crippen molar-refractivity contribution in [2.45, 2.75) is 32.2 Å². The Balaban J connectivity index is 1.87. The molecule has 1 aliphatic rings. The van der Waals surface area contributed by atoms with Crippen LogP contribution in [0.5, 0.6) is 0 Å². The molecule has 3 rings (SSSR count). The summed E-state index contributed by atoms with van der Waals surface area (Å²) in [7, 11) is 1.32. The van der Waals surface area contributed by atoms with Crippen LogP contribution >= 0.6 is 11.3 Å². The number of rotatable bonds is 6. The number of carbonyl (C=O) groups excluding carboxylic acids is 3. The van der Waals surface area contributed by atoms with Crippen LogP contribution in [-0.4, -0.2) is 31.4 Å². The van der Waals surface area contributed by atoms with Crippen LogP contribution in [0.25, 0.3) is 0 Å². The van der Waals surface area contributed by atoms with E-state index in [4.69, 9.17) is 0 Å². The minimum Gasteiger partial charge on any atom is -0.469 e. The number of nitrogens with one attached hydrogen (secondary N) is 1. The van der Waals surface area contributed by atoms with E-state index in [1.165, 1.54) is 18.4 Å². The number of methoxy groups -OCH3 is 1. The number of ether oxygens (including phenoxy) is 1. The molecule has 148 valence electrons. The molecule has 2 amide bonds. The van der Waals surface area contributed by atoms with E-state index in [1.54, 1.807) is 4.90 Å². The number of nitrogens with zero attached hydrogens (tertiary/aromatic N) is 1. The lowest BCUT2D eigenvalue weighted by atomic mass is 9.86. The number of amides is 2. The van der Waals surface area contributed by atoms with Crippen molar-refractivity contribution in [1.29, 1.82) is 0 Å². The van der Waals surface area contributed by atoms with Crippen molar-refractivity contribution in [3.05, 3.63) is 52.2 Å². The van der Waals surface area contributed by atoms with Crippen molar-refractivity contribution in [3.8, 4) is 0 Å². The molecule has 0 radical (unpaired) electrons. The first-order chi connectivity index (χ1) is 13.5. The lowest BCUT2D eigenvalue weighted by Crippen LogP contribution is -2.48. The number of anilines is 1. The molecule has 0 aliphatic carbocycles. The van der Waals surface area contributed by atoms with Crippen molar-refractivity contribution >= 4 is 34.8 Å². The molecule has 7 heteroatoms. The van der Waals surface area contributed by atoms with Gasteiger partial charge < -0.3 is 15.0 Å². The highest BCUT2D eigenvalue weighted by atomic mass is 32.1. The third-order valence-electron chi connectivity index (χ3n) is 4.94. The standard InChI is InChI=1S/C21H24N2O4S/c1-14-5-7-15(8-6-14)23-18(24)10-9-16(20(23)17-4-3-13-28-17)21(26)22-12-11-19(25)27-2/h3-8,13,16,20H,9-12H2,1-2H3,(H,22,26). The lowest BCUT2D eigenvalue weighted by molar-refractivity contribution is -0.140. The third kappa shape index (κ3) is 4.42. The van der Waals surface area contributed by atoms with Gasteiger partial charge in [0, 0.05) is 23.5 Å². The molecule has 2 unspecified atom stereocenters. The number of piperidine rings is 1. The Hall–Kier alpha value is -2.67. The predicted octanol–water partition coefficient (Wildman–Crippen LogP) is 3.22. The molecule has 1 aromatic heterocycles. The average molecular weight is 401 g/mol. The zero-order chi connectivity index (χ0) is 20.1. The van der Waals surface area contributed by atoms with Gasteiger partial charge in [-0.2, -0.15) is 0 Å². The van der Waals surface area contributed by atoms with Gasteiger partial charge in [0.1, 0.15) is 0 Å². The van der Waals surface area contributed by atoms with Crippen LogP contribution in [0.2, 0.25) is 0 Å². The quantitative estimate of drug-likeness (QED) is 0.756. The third-order valence-corrected chi connectivity index (χ3v) is 5.88. The maximum Gasteiger partial charge on any atom is 0.307 e. The van der Waals surface area contributed by atoms with Gasteiger partial charge in [0.2, 0.25) is 11.8 Å². The molecule has 28 heavy (non-hydrogen) atoms. The van der Waals surface area contributed by atoms with Crippen molar-refractivity contribution in [3.63, 3.8) is 0 Å². The second kappa shape index (κ2) is 9.01. The van der Waals surface area contributed by atoms with E-state index in [0.717, 1.165) is 16.1 Å². The Morgan fingerprint density at radius 2 is 2.00 bits per heavy atom. The Kier molecular flexibility index (Phi) is 6.46. The zero-order valence-electron chi connectivity index (χ0n) is 16.0. The highest BCUT2D eigenvalue weighted by molar-refractivity contribution is 7.10. The number of hydrogen-bond acceptors (Lipinski definition) is 5. The van der Waals surface area contributed by atoms with E-state index in [2.05, 4.69) is 10.1 Å². The van der Waals surface area contributed by atoms with Crippen LogP contribution in [0.3, 0.4) is 0 Å². The van der Waals surface area contributed by atoms with Crippen LogP contribution in [0.4, 0.5) is 5.69 Å². The second-order valence-corrected chi connectivity index (χ2v) is 7.80. The molecular weight excluding hydrogens is 376 g/mol.